The third-order valence-corrected chi connectivity index (χ3v) is 7.69. The number of hydrogen-bond acceptors (Lipinski definition) is 8. The highest BCUT2D eigenvalue weighted by atomic mass is 16.7. The van der Waals surface area contributed by atoms with E-state index in [0.29, 0.717) is 22.8 Å². The van der Waals surface area contributed by atoms with Crippen molar-refractivity contribution in [3.63, 3.8) is 0 Å². The molecule has 0 spiro atoms. The zero-order chi connectivity index (χ0) is 26.8. The maximum atomic E-state index is 12.4. The minimum absolute atomic E-state index is 0.124. The minimum Gasteiger partial charge on any atom is -0.496 e. The van der Waals surface area contributed by atoms with E-state index in [0.717, 1.165) is 61.4 Å². The zero-order valence-corrected chi connectivity index (χ0v) is 22.2. The number of anilines is 1. The van der Waals surface area contributed by atoms with Crippen LogP contribution < -0.4 is 29.5 Å². The summed E-state index contributed by atoms with van der Waals surface area (Å²) in [6.45, 7) is 4.97. The molecular weight excluding hydrogens is 496 g/mol. The van der Waals surface area contributed by atoms with Gasteiger partial charge in [-0.2, -0.15) is 0 Å². The lowest BCUT2D eigenvalue weighted by molar-refractivity contribution is 0.174. The van der Waals surface area contributed by atoms with Gasteiger partial charge in [0.25, 0.3) is 0 Å². The minimum atomic E-state index is -0.416. The van der Waals surface area contributed by atoms with Crippen LogP contribution in [0.25, 0.3) is 11.0 Å². The van der Waals surface area contributed by atoms with Gasteiger partial charge >= 0.3 is 5.63 Å². The van der Waals surface area contributed by atoms with Crippen molar-refractivity contribution < 1.29 is 23.4 Å². The second kappa shape index (κ2) is 10.9. The van der Waals surface area contributed by atoms with Gasteiger partial charge in [-0.1, -0.05) is 24.3 Å². The van der Waals surface area contributed by atoms with E-state index in [4.69, 9.17) is 23.4 Å². The van der Waals surface area contributed by atoms with Crippen LogP contribution in [0.3, 0.4) is 0 Å². The summed E-state index contributed by atoms with van der Waals surface area (Å²) in [4.78, 5) is 17.3. The lowest BCUT2D eigenvalue weighted by Crippen LogP contribution is -2.46. The number of piperazine rings is 1. The van der Waals surface area contributed by atoms with Gasteiger partial charge in [0, 0.05) is 55.5 Å². The predicted molar refractivity (Wildman–Crippen MR) is 150 cm³/mol. The van der Waals surface area contributed by atoms with Crippen LogP contribution in [0.1, 0.15) is 23.5 Å². The highest BCUT2D eigenvalue weighted by Crippen LogP contribution is 2.45. The van der Waals surface area contributed by atoms with Crippen molar-refractivity contribution in [2.24, 2.45) is 0 Å². The van der Waals surface area contributed by atoms with E-state index in [1.54, 1.807) is 20.3 Å². The Morgan fingerprint density at radius 3 is 2.38 bits per heavy atom. The van der Waals surface area contributed by atoms with Crippen molar-refractivity contribution in [3.8, 4) is 23.0 Å². The molecule has 202 valence electrons. The molecular formula is C31H32N2O6. The zero-order valence-electron chi connectivity index (χ0n) is 22.2. The standard InChI is InChI=1S/C31H32N2O6/c1-35-26-19-28(36-2)30(31-24(26)9-11-29(34)39-31)23(21-8-10-25-27(18-21)38-20-37-25)12-13-32-14-16-33(17-15-32)22-6-4-3-5-7-22/h3-11,18-19,23H,12-17,20H2,1-2H3/t23-/m1/s1. The maximum Gasteiger partial charge on any atom is 0.336 e. The lowest BCUT2D eigenvalue weighted by atomic mass is 9.86. The van der Waals surface area contributed by atoms with Gasteiger partial charge in [-0.3, -0.25) is 4.90 Å². The van der Waals surface area contributed by atoms with E-state index in [1.165, 1.54) is 11.8 Å². The van der Waals surface area contributed by atoms with Gasteiger partial charge in [-0.15, -0.1) is 0 Å². The first-order valence-electron chi connectivity index (χ1n) is 13.2. The Hall–Kier alpha value is -4.17. The number of fused-ring (bicyclic) bond motifs is 2. The Balaban J connectivity index is 1.34. The fourth-order valence-corrected chi connectivity index (χ4v) is 5.65. The molecule has 0 saturated carbocycles. The highest BCUT2D eigenvalue weighted by Gasteiger charge is 2.28. The summed E-state index contributed by atoms with van der Waals surface area (Å²) in [5, 5.41) is 0.732. The molecule has 0 radical (unpaired) electrons. The lowest BCUT2D eigenvalue weighted by Gasteiger charge is -2.36. The molecule has 0 unspecified atom stereocenters. The summed E-state index contributed by atoms with van der Waals surface area (Å²) in [7, 11) is 3.23. The number of hydrogen-bond donors (Lipinski definition) is 0. The first kappa shape index (κ1) is 25.1. The highest BCUT2D eigenvalue weighted by molar-refractivity contribution is 5.89. The van der Waals surface area contributed by atoms with Crippen LogP contribution in [-0.4, -0.2) is 58.6 Å². The van der Waals surface area contributed by atoms with Crippen LogP contribution in [0.2, 0.25) is 0 Å². The molecule has 8 heteroatoms. The van der Waals surface area contributed by atoms with Crippen LogP contribution in [0.15, 0.2) is 75.9 Å². The smallest absolute Gasteiger partial charge is 0.336 e. The van der Waals surface area contributed by atoms with E-state index in [2.05, 4.69) is 46.2 Å². The van der Waals surface area contributed by atoms with E-state index in [1.807, 2.05) is 18.2 Å². The molecule has 3 aromatic carbocycles. The number of benzene rings is 3. The Morgan fingerprint density at radius 2 is 1.62 bits per heavy atom. The van der Waals surface area contributed by atoms with Crippen molar-refractivity contribution in [1.82, 2.24) is 4.90 Å². The second-order valence-corrected chi connectivity index (χ2v) is 9.81. The molecule has 6 rings (SSSR count). The molecule has 2 aliphatic heterocycles. The molecule has 2 aliphatic rings. The number of methoxy groups -OCH3 is 2. The summed E-state index contributed by atoms with van der Waals surface area (Å²) in [5.74, 6) is 2.53. The molecule has 0 N–H and O–H groups in total. The Morgan fingerprint density at radius 1 is 0.846 bits per heavy atom. The van der Waals surface area contributed by atoms with E-state index < -0.39 is 5.63 Å². The van der Waals surface area contributed by atoms with E-state index in [9.17, 15) is 4.79 Å². The van der Waals surface area contributed by atoms with E-state index in [-0.39, 0.29) is 12.7 Å². The van der Waals surface area contributed by atoms with Crippen LogP contribution >= 0.6 is 0 Å². The quantitative estimate of drug-likeness (QED) is 0.300. The Labute approximate surface area is 227 Å². The number of nitrogens with zero attached hydrogens (tertiary/aromatic N) is 2. The largest absolute Gasteiger partial charge is 0.496 e. The fraction of sp³-hybridized carbons (Fsp3) is 0.323. The monoisotopic (exact) mass is 528 g/mol. The van der Waals surface area contributed by atoms with Crippen LogP contribution in [0, 0.1) is 0 Å². The van der Waals surface area contributed by atoms with Gasteiger partial charge in [-0.25, -0.2) is 4.79 Å². The molecule has 4 aromatic rings. The molecule has 0 bridgehead atoms. The van der Waals surface area contributed by atoms with Crippen molar-refractivity contribution >= 4 is 16.7 Å². The van der Waals surface area contributed by atoms with Crippen molar-refractivity contribution in [3.05, 3.63) is 88.3 Å². The first-order valence-corrected chi connectivity index (χ1v) is 13.2. The van der Waals surface area contributed by atoms with Gasteiger partial charge in [-0.05, 0) is 48.9 Å². The predicted octanol–water partition coefficient (Wildman–Crippen LogP) is 4.88. The summed E-state index contributed by atoms with van der Waals surface area (Å²) in [6, 6.07) is 21.6. The van der Waals surface area contributed by atoms with Crippen molar-refractivity contribution in [2.45, 2.75) is 12.3 Å². The average molecular weight is 529 g/mol. The summed E-state index contributed by atoms with van der Waals surface area (Å²) < 4.78 is 28.6. The molecule has 39 heavy (non-hydrogen) atoms. The van der Waals surface area contributed by atoms with Crippen LogP contribution in [-0.2, 0) is 0 Å². The Kier molecular flexibility index (Phi) is 7.02. The normalized spacial score (nSPS) is 15.9. The van der Waals surface area contributed by atoms with Gasteiger partial charge in [0.05, 0.1) is 19.6 Å². The van der Waals surface area contributed by atoms with Gasteiger partial charge in [0.1, 0.15) is 17.1 Å². The van der Waals surface area contributed by atoms with Crippen molar-refractivity contribution in [1.29, 1.82) is 0 Å². The SMILES string of the molecule is COc1cc(OC)c2ccc(=O)oc2c1[C@H](CCN1CCN(c2ccccc2)CC1)c1ccc2c(c1)OCO2. The Bertz CT molecular complexity index is 1510. The van der Waals surface area contributed by atoms with E-state index >= 15 is 0 Å². The number of rotatable bonds is 8. The molecule has 1 aromatic heterocycles. The maximum absolute atomic E-state index is 12.4. The van der Waals surface area contributed by atoms with Gasteiger partial charge < -0.3 is 28.3 Å². The summed E-state index contributed by atoms with van der Waals surface area (Å²) in [6.07, 6.45) is 0.793. The van der Waals surface area contributed by atoms with Crippen LogP contribution in [0.5, 0.6) is 23.0 Å². The third-order valence-electron chi connectivity index (χ3n) is 7.69. The third kappa shape index (κ3) is 5.00. The van der Waals surface area contributed by atoms with Crippen LogP contribution in [0.4, 0.5) is 5.69 Å². The number of ether oxygens (including phenoxy) is 4. The molecule has 0 amide bonds. The summed E-state index contributed by atoms with van der Waals surface area (Å²) in [5.41, 5.74) is 3.20. The van der Waals surface area contributed by atoms with Crippen molar-refractivity contribution in [2.75, 3.05) is 58.6 Å². The fourth-order valence-electron chi connectivity index (χ4n) is 5.65. The summed E-state index contributed by atoms with van der Waals surface area (Å²) >= 11 is 0. The topological polar surface area (TPSA) is 73.6 Å². The molecule has 1 fully saturated rings. The molecule has 8 nitrogen and oxygen atoms in total. The molecule has 0 aliphatic carbocycles. The molecule has 3 heterocycles. The average Bonchev–Trinajstić information content (AvgIpc) is 3.46. The van der Waals surface area contributed by atoms with Gasteiger partial charge in [0.2, 0.25) is 6.79 Å². The molecule has 1 saturated heterocycles. The first-order chi connectivity index (χ1) is 19.1. The molecule has 1 atom stereocenters. The van der Waals surface area contributed by atoms with Gasteiger partial charge in [0.15, 0.2) is 11.5 Å². The number of para-hydroxylation sites is 1. The second-order valence-electron chi connectivity index (χ2n) is 9.81.